The van der Waals surface area contributed by atoms with Gasteiger partial charge in [-0.2, -0.15) is 0 Å². The number of rotatable bonds is 22. The van der Waals surface area contributed by atoms with Crippen LogP contribution < -0.4 is 5.32 Å². The molecule has 8 atom stereocenters. The molecule has 1 saturated heterocycles. The number of hydrogen-bond acceptors (Lipinski definition) is 8. The van der Waals surface area contributed by atoms with Gasteiger partial charge in [-0.05, 0) is 50.5 Å². The second-order valence-electron chi connectivity index (χ2n) is 14.5. The van der Waals surface area contributed by atoms with Crippen molar-refractivity contribution in [2.24, 2.45) is 29.6 Å². The number of hydrogen-bond donors (Lipinski definition) is 2. The molecule has 0 spiro atoms. The van der Waals surface area contributed by atoms with Crippen LogP contribution in [0.3, 0.4) is 0 Å². The van der Waals surface area contributed by atoms with Gasteiger partial charge in [-0.1, -0.05) is 54.9 Å². The topological polar surface area (TPSA) is 134 Å². The lowest BCUT2D eigenvalue weighted by molar-refractivity contribution is -0.149. The second-order valence-corrected chi connectivity index (χ2v) is 14.5. The molecule has 2 amide bonds. The van der Waals surface area contributed by atoms with Crippen LogP contribution in [-0.2, 0) is 35.1 Å². The fraction of sp³-hybridized carbons (Fsp3) is 0.811. The molecule has 0 saturated carbocycles. The molecule has 0 aliphatic carbocycles. The van der Waals surface area contributed by atoms with E-state index in [2.05, 4.69) is 29.1 Å². The summed E-state index contributed by atoms with van der Waals surface area (Å²) in [7, 11) is 6.78. The normalized spacial score (nSPS) is 19.5. The third-order valence-electron chi connectivity index (χ3n) is 10.6. The molecule has 2 heterocycles. The minimum atomic E-state index is -0.547. The molecule has 1 aromatic rings. The summed E-state index contributed by atoms with van der Waals surface area (Å²) in [5.74, 6) is -0.745. The number of nitrogens with zero attached hydrogens (tertiary/aromatic N) is 3. The molecular formula is C37H65N5O6. The molecule has 2 N–H and O–H groups in total. The molecule has 0 radical (unpaired) electrons. The van der Waals surface area contributed by atoms with Gasteiger partial charge in [0.15, 0.2) is 5.78 Å². The first kappa shape index (κ1) is 41.5. The van der Waals surface area contributed by atoms with Gasteiger partial charge in [-0.25, -0.2) is 4.98 Å². The van der Waals surface area contributed by atoms with Crippen LogP contribution in [0.5, 0.6) is 0 Å². The molecule has 274 valence electrons. The number of H-pyrrole nitrogens is 1. The van der Waals surface area contributed by atoms with Crippen molar-refractivity contribution >= 4 is 23.4 Å². The number of aryl methyl sites for hydroxylation is 1. The molecule has 0 unspecified atom stereocenters. The lowest BCUT2D eigenvalue weighted by atomic mass is 9.84. The largest absolute Gasteiger partial charge is 0.379 e. The maximum atomic E-state index is 14.1. The van der Waals surface area contributed by atoms with Crippen molar-refractivity contribution in [1.29, 1.82) is 0 Å². The van der Waals surface area contributed by atoms with Crippen molar-refractivity contribution in [3.8, 4) is 0 Å². The van der Waals surface area contributed by atoms with Crippen LogP contribution in [0.1, 0.15) is 99.1 Å². The van der Waals surface area contributed by atoms with Crippen molar-refractivity contribution in [2.45, 2.75) is 130 Å². The van der Waals surface area contributed by atoms with E-state index in [0.29, 0.717) is 19.4 Å². The Kier molecular flexibility index (Phi) is 17.4. The predicted molar refractivity (Wildman–Crippen MR) is 188 cm³/mol. The van der Waals surface area contributed by atoms with Gasteiger partial charge < -0.3 is 29.6 Å². The number of aromatic amines is 1. The molecule has 0 aromatic carbocycles. The number of carbonyl (C=O) groups is 4. The third-order valence-corrected chi connectivity index (χ3v) is 10.6. The van der Waals surface area contributed by atoms with Gasteiger partial charge in [-0.15, -0.1) is 0 Å². The minimum Gasteiger partial charge on any atom is -0.379 e. The van der Waals surface area contributed by atoms with Crippen LogP contribution in [-0.4, -0.2) is 108 Å². The molecule has 48 heavy (non-hydrogen) atoms. The first-order valence-corrected chi connectivity index (χ1v) is 18.0. The SMILES string of the molecule is CC[C@H](C)[C@@H]([C@@H](CC(=O)N1CCC[C@H]1[C@H](OC)[C@@H](C)C(=O)CCCc1cnc[nH]1)OC)N(C)C(=O)[C@@H](CC(=O)[C@@H](NC)C(C)C)C(C)C. The molecule has 11 nitrogen and oxygen atoms in total. The Bertz CT molecular complexity index is 1140. The minimum absolute atomic E-state index is 0.0322. The Balaban J connectivity index is 2.20. The van der Waals surface area contributed by atoms with Crippen LogP contribution in [0, 0.1) is 29.6 Å². The standard InChI is InChI=1S/C37H65N5O6/c1-12-25(6)35(41(9)37(46)28(23(2)3)19-31(44)34(38-8)24(4)5)32(47-10)20-33(45)42-18-14-16-29(42)36(48-11)26(7)30(43)17-13-15-27-21-39-22-40-27/h21-26,28-29,32,34-36,38H,12-20H2,1-11H3,(H,39,40)/t25-,26-,28-,29-,32+,34-,35-,36+/m0/s1. The number of Topliss-reactive ketones (excluding diaryl/α,β-unsaturated/α-hetero) is 2. The van der Waals surface area contributed by atoms with E-state index in [1.807, 2.05) is 39.5 Å². The average molecular weight is 676 g/mol. The zero-order chi connectivity index (χ0) is 36.1. The third kappa shape index (κ3) is 10.9. The van der Waals surface area contributed by atoms with Crippen molar-refractivity contribution in [3.05, 3.63) is 18.2 Å². The number of likely N-dealkylation sites (tertiary alicyclic amines) is 1. The van der Waals surface area contributed by atoms with Crippen molar-refractivity contribution in [1.82, 2.24) is 25.1 Å². The fourth-order valence-corrected chi connectivity index (χ4v) is 7.52. The Morgan fingerprint density at radius 3 is 2.25 bits per heavy atom. The Labute approximate surface area is 289 Å². The van der Waals surface area contributed by atoms with Gasteiger partial charge in [0.1, 0.15) is 5.78 Å². The summed E-state index contributed by atoms with van der Waals surface area (Å²) in [6, 6.07) is -0.901. The van der Waals surface area contributed by atoms with E-state index < -0.39 is 18.1 Å². The Morgan fingerprint density at radius 2 is 1.73 bits per heavy atom. The fourth-order valence-electron chi connectivity index (χ4n) is 7.52. The van der Waals surface area contributed by atoms with Crippen molar-refractivity contribution < 1.29 is 28.7 Å². The molecular weight excluding hydrogens is 610 g/mol. The summed E-state index contributed by atoms with van der Waals surface area (Å²) in [5.41, 5.74) is 1.00. The van der Waals surface area contributed by atoms with E-state index in [0.717, 1.165) is 31.4 Å². The quantitative estimate of drug-likeness (QED) is 0.181. The lowest BCUT2D eigenvalue weighted by Gasteiger charge is -2.41. The van der Waals surface area contributed by atoms with Gasteiger partial charge in [0, 0.05) is 64.4 Å². The maximum Gasteiger partial charge on any atom is 0.226 e. The van der Waals surface area contributed by atoms with Crippen molar-refractivity contribution in [2.75, 3.05) is 34.9 Å². The second kappa shape index (κ2) is 20.1. The summed E-state index contributed by atoms with van der Waals surface area (Å²) in [6.45, 7) is 14.6. The van der Waals surface area contributed by atoms with Gasteiger partial charge in [0.05, 0.1) is 43.1 Å². The van der Waals surface area contributed by atoms with E-state index in [9.17, 15) is 19.2 Å². The van der Waals surface area contributed by atoms with E-state index in [1.54, 1.807) is 45.7 Å². The lowest BCUT2D eigenvalue weighted by Crippen LogP contribution is -2.54. The smallest absolute Gasteiger partial charge is 0.226 e. The number of ketones is 2. The molecule has 0 bridgehead atoms. The summed E-state index contributed by atoms with van der Waals surface area (Å²) >= 11 is 0. The highest BCUT2D eigenvalue weighted by molar-refractivity contribution is 5.90. The Hall–Kier alpha value is -2.63. The number of carbonyl (C=O) groups excluding carboxylic acids is 4. The summed E-state index contributed by atoms with van der Waals surface area (Å²) in [4.78, 5) is 65.4. The van der Waals surface area contributed by atoms with Crippen LogP contribution in [0.2, 0.25) is 0 Å². The summed E-state index contributed by atoms with van der Waals surface area (Å²) in [6.07, 6.45) is 6.98. The number of ether oxygens (including phenoxy) is 2. The number of nitrogens with one attached hydrogen (secondary N) is 2. The average Bonchev–Trinajstić information content (AvgIpc) is 3.76. The molecule has 2 rings (SSSR count). The first-order valence-electron chi connectivity index (χ1n) is 18.0. The predicted octanol–water partition coefficient (Wildman–Crippen LogP) is 4.70. The van der Waals surface area contributed by atoms with Crippen LogP contribution >= 0.6 is 0 Å². The highest BCUT2D eigenvalue weighted by Crippen LogP contribution is 2.31. The molecule has 1 aromatic heterocycles. The van der Waals surface area contributed by atoms with Gasteiger partial charge in [0.25, 0.3) is 0 Å². The van der Waals surface area contributed by atoms with Gasteiger partial charge >= 0.3 is 0 Å². The molecule has 1 aliphatic heterocycles. The van der Waals surface area contributed by atoms with E-state index in [1.165, 1.54) is 0 Å². The zero-order valence-electron chi connectivity index (χ0n) is 31.6. The zero-order valence-corrected chi connectivity index (χ0v) is 31.6. The highest BCUT2D eigenvalue weighted by atomic mass is 16.5. The molecule has 11 heteroatoms. The number of amides is 2. The van der Waals surface area contributed by atoms with Crippen molar-refractivity contribution in [3.63, 3.8) is 0 Å². The van der Waals surface area contributed by atoms with Crippen LogP contribution in [0.4, 0.5) is 0 Å². The monoisotopic (exact) mass is 675 g/mol. The molecule has 1 fully saturated rings. The number of imidazole rings is 1. The Morgan fingerprint density at radius 1 is 1.04 bits per heavy atom. The highest BCUT2D eigenvalue weighted by Gasteiger charge is 2.42. The number of aromatic nitrogens is 2. The summed E-state index contributed by atoms with van der Waals surface area (Å²) in [5, 5.41) is 3.11. The van der Waals surface area contributed by atoms with Gasteiger partial charge in [-0.3, -0.25) is 19.2 Å². The number of methoxy groups -OCH3 is 2. The maximum absolute atomic E-state index is 14.1. The van der Waals surface area contributed by atoms with Crippen LogP contribution in [0.15, 0.2) is 12.5 Å². The van der Waals surface area contributed by atoms with E-state index in [4.69, 9.17) is 9.47 Å². The van der Waals surface area contributed by atoms with E-state index in [-0.39, 0.29) is 78.0 Å². The van der Waals surface area contributed by atoms with Gasteiger partial charge in [0.2, 0.25) is 11.8 Å². The summed E-state index contributed by atoms with van der Waals surface area (Å²) < 4.78 is 11.9. The first-order chi connectivity index (χ1) is 22.7. The number of likely N-dealkylation sites (N-methyl/N-ethyl adjacent to an activating group) is 2. The van der Waals surface area contributed by atoms with Crippen LogP contribution in [0.25, 0.3) is 0 Å². The van der Waals surface area contributed by atoms with E-state index >= 15 is 0 Å². The molecule has 1 aliphatic rings.